The van der Waals surface area contributed by atoms with Crippen molar-refractivity contribution in [2.45, 2.75) is 0 Å². The Morgan fingerprint density at radius 1 is 1.25 bits per heavy atom. The predicted molar refractivity (Wildman–Crippen MR) is 57.8 cm³/mol. The van der Waals surface area contributed by atoms with Crippen molar-refractivity contribution in [1.29, 1.82) is 0 Å². The number of hydrogen-bond donors (Lipinski definition) is 2. The second-order valence-corrected chi connectivity index (χ2v) is 3.55. The smallest absolute Gasteiger partial charge is 0.341 e. The van der Waals surface area contributed by atoms with Crippen molar-refractivity contribution in [1.82, 2.24) is 0 Å². The minimum absolute atomic E-state index is 0.0515. The van der Waals surface area contributed by atoms with Gasteiger partial charge in [-0.1, -0.05) is 11.6 Å². The molecule has 2 N–H and O–H groups in total. The number of halogens is 1. The Labute approximate surface area is 95.7 Å². The van der Waals surface area contributed by atoms with Gasteiger partial charge >= 0.3 is 5.97 Å². The molecule has 1 heterocycles. The zero-order chi connectivity index (χ0) is 11.7. The largest absolute Gasteiger partial charge is 0.508 e. The molecule has 82 valence electrons. The van der Waals surface area contributed by atoms with Crippen molar-refractivity contribution in [2.75, 3.05) is 0 Å². The molecule has 0 atom stereocenters. The van der Waals surface area contributed by atoms with Crippen molar-refractivity contribution in [3.8, 4) is 17.1 Å². The lowest BCUT2D eigenvalue weighted by molar-refractivity contribution is 0.0697. The third-order valence-corrected chi connectivity index (χ3v) is 2.37. The molecule has 0 amide bonds. The molecule has 0 bridgehead atoms. The van der Waals surface area contributed by atoms with Gasteiger partial charge in [0.25, 0.3) is 0 Å². The van der Waals surface area contributed by atoms with Crippen LogP contribution < -0.4 is 0 Å². The molecule has 4 nitrogen and oxygen atoms in total. The number of benzene rings is 1. The second kappa shape index (κ2) is 3.90. The van der Waals surface area contributed by atoms with Gasteiger partial charge in [-0.25, -0.2) is 4.79 Å². The number of rotatable bonds is 2. The second-order valence-electron chi connectivity index (χ2n) is 3.14. The van der Waals surface area contributed by atoms with Gasteiger partial charge in [0.1, 0.15) is 23.3 Å². The normalized spacial score (nSPS) is 10.3. The molecule has 2 aromatic rings. The molecule has 0 spiro atoms. The van der Waals surface area contributed by atoms with Gasteiger partial charge in [-0.3, -0.25) is 0 Å². The third-order valence-electron chi connectivity index (χ3n) is 2.09. The van der Waals surface area contributed by atoms with E-state index in [0.717, 1.165) is 0 Å². The molecule has 5 heteroatoms. The lowest BCUT2D eigenvalue weighted by Gasteiger charge is -1.99. The van der Waals surface area contributed by atoms with Gasteiger partial charge in [-0.2, -0.15) is 0 Å². The topological polar surface area (TPSA) is 70.7 Å². The molecular formula is C11H7ClO4. The minimum atomic E-state index is -1.15. The highest BCUT2D eigenvalue weighted by Gasteiger charge is 2.20. The molecular weight excluding hydrogens is 232 g/mol. The van der Waals surface area contributed by atoms with Gasteiger partial charge in [-0.15, -0.1) is 0 Å². The number of hydrogen-bond acceptors (Lipinski definition) is 3. The minimum Gasteiger partial charge on any atom is -0.508 e. The maximum Gasteiger partial charge on any atom is 0.341 e. The number of carbonyl (C=O) groups is 1. The van der Waals surface area contributed by atoms with Crippen molar-refractivity contribution < 1.29 is 19.4 Å². The standard InChI is InChI=1S/C11H7ClO4/c12-8-5-16-10(9(8)11(14)15)6-1-3-7(13)4-2-6/h1-5,13H,(H,14,15). The first kappa shape index (κ1) is 10.6. The number of phenols is 1. The number of carboxylic acid groups (broad SMARTS) is 1. The summed E-state index contributed by atoms with van der Waals surface area (Å²) in [5, 5.41) is 18.1. The molecule has 0 radical (unpaired) electrons. The lowest BCUT2D eigenvalue weighted by atomic mass is 10.1. The molecule has 16 heavy (non-hydrogen) atoms. The number of aromatic hydroxyl groups is 1. The molecule has 1 aromatic carbocycles. The van der Waals surface area contributed by atoms with E-state index in [-0.39, 0.29) is 22.1 Å². The van der Waals surface area contributed by atoms with Crippen LogP contribution in [0.3, 0.4) is 0 Å². The monoisotopic (exact) mass is 238 g/mol. The van der Waals surface area contributed by atoms with Crippen molar-refractivity contribution >= 4 is 17.6 Å². The van der Waals surface area contributed by atoms with Gasteiger partial charge in [0.2, 0.25) is 0 Å². The Bertz CT molecular complexity index is 527. The van der Waals surface area contributed by atoms with E-state index in [1.54, 1.807) is 12.1 Å². The first-order valence-electron chi connectivity index (χ1n) is 4.39. The highest BCUT2D eigenvalue weighted by Crippen LogP contribution is 2.31. The highest BCUT2D eigenvalue weighted by atomic mass is 35.5. The summed E-state index contributed by atoms with van der Waals surface area (Å²) in [4.78, 5) is 11.0. The molecule has 1 aromatic heterocycles. The van der Waals surface area contributed by atoms with E-state index in [2.05, 4.69) is 0 Å². The van der Waals surface area contributed by atoms with E-state index in [1.807, 2.05) is 0 Å². The fourth-order valence-electron chi connectivity index (χ4n) is 1.36. The summed E-state index contributed by atoms with van der Waals surface area (Å²) in [5.41, 5.74) is 0.467. The van der Waals surface area contributed by atoms with Crippen LogP contribution in [0.15, 0.2) is 34.9 Å². The van der Waals surface area contributed by atoms with E-state index in [1.165, 1.54) is 18.4 Å². The lowest BCUT2D eigenvalue weighted by Crippen LogP contribution is -1.96. The zero-order valence-electron chi connectivity index (χ0n) is 7.98. The molecule has 0 aliphatic carbocycles. The summed E-state index contributed by atoms with van der Waals surface area (Å²) >= 11 is 5.70. The van der Waals surface area contributed by atoms with Gasteiger partial charge in [0, 0.05) is 5.56 Å². The Kier molecular flexibility index (Phi) is 2.58. The van der Waals surface area contributed by atoms with E-state index in [4.69, 9.17) is 26.2 Å². The number of phenolic OH excluding ortho intramolecular Hbond substituents is 1. The van der Waals surface area contributed by atoms with Crippen LogP contribution in [0.1, 0.15) is 10.4 Å². The van der Waals surface area contributed by atoms with Gasteiger partial charge < -0.3 is 14.6 Å². The van der Waals surface area contributed by atoms with E-state index in [0.29, 0.717) is 5.56 Å². The maximum absolute atomic E-state index is 11.0. The summed E-state index contributed by atoms with van der Waals surface area (Å²) in [7, 11) is 0. The van der Waals surface area contributed by atoms with Gasteiger partial charge in [-0.05, 0) is 24.3 Å². The molecule has 0 fully saturated rings. The van der Waals surface area contributed by atoms with Crippen LogP contribution in [0.5, 0.6) is 5.75 Å². The Balaban J connectivity index is 2.56. The van der Waals surface area contributed by atoms with E-state index >= 15 is 0 Å². The van der Waals surface area contributed by atoms with Crippen LogP contribution in [0.2, 0.25) is 5.02 Å². The SMILES string of the molecule is O=C(O)c1c(Cl)coc1-c1ccc(O)cc1. The summed E-state index contributed by atoms with van der Waals surface area (Å²) < 4.78 is 5.09. The van der Waals surface area contributed by atoms with E-state index in [9.17, 15) is 4.79 Å². The fraction of sp³-hybridized carbons (Fsp3) is 0. The van der Waals surface area contributed by atoms with Crippen LogP contribution in [0.4, 0.5) is 0 Å². The average Bonchev–Trinajstić information content (AvgIpc) is 2.61. The molecule has 0 aliphatic heterocycles. The Hall–Kier alpha value is -1.94. The average molecular weight is 239 g/mol. The van der Waals surface area contributed by atoms with Gasteiger partial charge in [0.15, 0.2) is 0 Å². The third kappa shape index (κ3) is 1.75. The van der Waals surface area contributed by atoms with Crippen LogP contribution in [-0.4, -0.2) is 16.2 Å². The van der Waals surface area contributed by atoms with Crippen LogP contribution >= 0.6 is 11.6 Å². The maximum atomic E-state index is 11.0. The van der Waals surface area contributed by atoms with Crippen LogP contribution in [0, 0.1) is 0 Å². The van der Waals surface area contributed by atoms with E-state index < -0.39 is 5.97 Å². The predicted octanol–water partition coefficient (Wildman–Crippen LogP) is 3.00. The number of carboxylic acids is 1. The molecule has 0 unspecified atom stereocenters. The summed E-state index contributed by atoms with van der Waals surface area (Å²) in [6, 6.07) is 5.99. The quantitative estimate of drug-likeness (QED) is 0.844. The van der Waals surface area contributed by atoms with Crippen molar-refractivity contribution in [3.05, 3.63) is 41.1 Å². The first-order chi connectivity index (χ1) is 7.59. The molecule has 0 saturated heterocycles. The van der Waals surface area contributed by atoms with Gasteiger partial charge in [0.05, 0.1) is 5.02 Å². The first-order valence-corrected chi connectivity index (χ1v) is 4.77. The van der Waals surface area contributed by atoms with Crippen molar-refractivity contribution in [3.63, 3.8) is 0 Å². The molecule has 2 rings (SSSR count). The summed E-state index contributed by atoms with van der Waals surface area (Å²) in [5.74, 6) is -0.877. The molecule has 0 saturated carbocycles. The molecule has 0 aliphatic rings. The number of furan rings is 1. The zero-order valence-corrected chi connectivity index (χ0v) is 8.73. The Morgan fingerprint density at radius 2 is 1.88 bits per heavy atom. The number of aromatic carboxylic acids is 1. The fourth-order valence-corrected chi connectivity index (χ4v) is 1.57. The summed E-state index contributed by atoms with van der Waals surface area (Å²) in [6.45, 7) is 0. The van der Waals surface area contributed by atoms with Crippen molar-refractivity contribution in [2.24, 2.45) is 0 Å². The summed E-state index contributed by atoms with van der Waals surface area (Å²) in [6.07, 6.45) is 1.17. The van der Waals surface area contributed by atoms with Crippen LogP contribution in [-0.2, 0) is 0 Å². The highest BCUT2D eigenvalue weighted by molar-refractivity contribution is 6.34. The van der Waals surface area contributed by atoms with Crippen LogP contribution in [0.25, 0.3) is 11.3 Å². The Morgan fingerprint density at radius 3 is 2.44 bits per heavy atom.